The molecule has 3 nitrogen and oxygen atoms in total. The summed E-state index contributed by atoms with van der Waals surface area (Å²) in [5.74, 6) is 1.06. The van der Waals surface area contributed by atoms with Gasteiger partial charge in [-0.05, 0) is 31.0 Å². The van der Waals surface area contributed by atoms with Crippen molar-refractivity contribution < 1.29 is 4.39 Å². The van der Waals surface area contributed by atoms with Gasteiger partial charge >= 0.3 is 0 Å². The molecule has 1 aliphatic rings. The van der Waals surface area contributed by atoms with Crippen LogP contribution in [0.3, 0.4) is 0 Å². The van der Waals surface area contributed by atoms with Crippen LogP contribution in [0.15, 0.2) is 24.4 Å². The lowest BCUT2D eigenvalue weighted by molar-refractivity contribution is 0.271. The van der Waals surface area contributed by atoms with Crippen LogP contribution >= 0.6 is 0 Å². The summed E-state index contributed by atoms with van der Waals surface area (Å²) >= 11 is 0. The molecule has 106 valence electrons. The highest BCUT2D eigenvalue weighted by molar-refractivity contribution is 5.23. The van der Waals surface area contributed by atoms with Crippen molar-refractivity contribution in [3.63, 3.8) is 0 Å². The number of hydrogen-bond donors (Lipinski definition) is 0. The van der Waals surface area contributed by atoms with Crippen LogP contribution in [-0.4, -0.2) is 27.5 Å². The SMILES string of the molecule is Cc1cn2c(n1)CCN(Cc1ccc(F)c(C)c1)CC2. The van der Waals surface area contributed by atoms with Gasteiger partial charge in [0.05, 0.1) is 5.69 Å². The Balaban J connectivity index is 1.68. The molecule has 4 heteroatoms. The minimum Gasteiger partial charge on any atom is -0.333 e. The molecule has 0 fully saturated rings. The Morgan fingerprint density at radius 3 is 2.85 bits per heavy atom. The van der Waals surface area contributed by atoms with Crippen molar-refractivity contribution in [1.29, 1.82) is 0 Å². The quantitative estimate of drug-likeness (QED) is 0.839. The Morgan fingerprint density at radius 1 is 1.20 bits per heavy atom. The molecule has 0 atom stereocenters. The van der Waals surface area contributed by atoms with Crippen LogP contribution < -0.4 is 0 Å². The van der Waals surface area contributed by atoms with Crippen molar-refractivity contribution in [1.82, 2.24) is 14.5 Å². The van der Waals surface area contributed by atoms with Crippen LogP contribution in [-0.2, 0) is 19.5 Å². The largest absolute Gasteiger partial charge is 0.333 e. The van der Waals surface area contributed by atoms with E-state index in [2.05, 4.69) is 20.6 Å². The number of halogens is 1. The van der Waals surface area contributed by atoms with Crippen molar-refractivity contribution in [2.45, 2.75) is 33.4 Å². The van der Waals surface area contributed by atoms with Gasteiger partial charge in [0.2, 0.25) is 0 Å². The Morgan fingerprint density at radius 2 is 2.05 bits per heavy atom. The van der Waals surface area contributed by atoms with Crippen LogP contribution in [0.25, 0.3) is 0 Å². The molecule has 0 saturated heterocycles. The number of nitrogens with zero attached hydrogens (tertiary/aromatic N) is 3. The van der Waals surface area contributed by atoms with Crippen LogP contribution in [0.5, 0.6) is 0 Å². The summed E-state index contributed by atoms with van der Waals surface area (Å²) in [6, 6.07) is 5.40. The summed E-state index contributed by atoms with van der Waals surface area (Å²) in [4.78, 5) is 6.98. The fourth-order valence-corrected chi connectivity index (χ4v) is 2.83. The smallest absolute Gasteiger partial charge is 0.126 e. The summed E-state index contributed by atoms with van der Waals surface area (Å²) in [6.07, 6.45) is 3.11. The number of rotatable bonds is 2. The zero-order valence-electron chi connectivity index (χ0n) is 12.1. The second-order valence-corrected chi connectivity index (χ2v) is 5.60. The van der Waals surface area contributed by atoms with Gasteiger partial charge in [-0.15, -0.1) is 0 Å². The molecule has 3 rings (SSSR count). The first-order valence-electron chi connectivity index (χ1n) is 7.12. The van der Waals surface area contributed by atoms with E-state index in [0.29, 0.717) is 0 Å². The zero-order chi connectivity index (χ0) is 14.1. The average molecular weight is 273 g/mol. The van der Waals surface area contributed by atoms with E-state index < -0.39 is 0 Å². The van der Waals surface area contributed by atoms with E-state index in [4.69, 9.17) is 0 Å². The maximum absolute atomic E-state index is 13.3. The number of benzene rings is 1. The van der Waals surface area contributed by atoms with E-state index in [0.717, 1.165) is 43.9 Å². The predicted molar refractivity (Wildman–Crippen MR) is 77.1 cm³/mol. The van der Waals surface area contributed by atoms with Gasteiger partial charge in [0.15, 0.2) is 0 Å². The second-order valence-electron chi connectivity index (χ2n) is 5.60. The van der Waals surface area contributed by atoms with Gasteiger partial charge in [-0.1, -0.05) is 12.1 Å². The number of fused-ring (bicyclic) bond motifs is 1. The van der Waals surface area contributed by atoms with Crippen molar-refractivity contribution in [3.05, 3.63) is 52.9 Å². The lowest BCUT2D eigenvalue weighted by Gasteiger charge is -2.19. The lowest BCUT2D eigenvalue weighted by atomic mass is 10.1. The molecular weight excluding hydrogens is 253 g/mol. The number of aromatic nitrogens is 2. The van der Waals surface area contributed by atoms with Crippen LogP contribution in [0.2, 0.25) is 0 Å². The zero-order valence-corrected chi connectivity index (χ0v) is 12.1. The van der Waals surface area contributed by atoms with Crippen LogP contribution in [0.4, 0.5) is 4.39 Å². The topological polar surface area (TPSA) is 21.1 Å². The molecule has 2 aromatic rings. The van der Waals surface area contributed by atoms with E-state index in [9.17, 15) is 4.39 Å². The highest BCUT2D eigenvalue weighted by Crippen LogP contribution is 2.14. The fraction of sp³-hybridized carbons (Fsp3) is 0.438. The standard InChI is InChI=1S/C16H20FN3/c1-12-9-14(3-4-15(12)17)11-19-6-5-16-18-13(2)10-20(16)8-7-19/h3-4,9-10H,5-8,11H2,1-2H3. The van der Waals surface area contributed by atoms with Gasteiger partial charge in [0.25, 0.3) is 0 Å². The Labute approximate surface area is 119 Å². The molecule has 1 aliphatic heterocycles. The summed E-state index contributed by atoms with van der Waals surface area (Å²) in [7, 11) is 0. The summed E-state index contributed by atoms with van der Waals surface area (Å²) in [6.45, 7) is 7.74. The maximum atomic E-state index is 13.3. The minimum absolute atomic E-state index is 0.125. The first kappa shape index (κ1) is 13.3. The number of aryl methyl sites for hydroxylation is 2. The molecule has 0 bridgehead atoms. The highest BCUT2D eigenvalue weighted by atomic mass is 19.1. The molecule has 0 radical (unpaired) electrons. The van der Waals surface area contributed by atoms with Crippen LogP contribution in [0.1, 0.15) is 22.6 Å². The third kappa shape index (κ3) is 2.75. The lowest BCUT2D eigenvalue weighted by Crippen LogP contribution is -2.26. The number of hydrogen-bond acceptors (Lipinski definition) is 2. The molecule has 1 aromatic heterocycles. The third-order valence-electron chi connectivity index (χ3n) is 3.92. The summed E-state index contributed by atoms with van der Waals surface area (Å²) < 4.78 is 15.5. The molecular formula is C16H20FN3. The Kier molecular flexibility index (Phi) is 3.57. The second kappa shape index (κ2) is 5.37. The Bertz CT molecular complexity index is 593. The van der Waals surface area contributed by atoms with Crippen LogP contribution in [0, 0.1) is 19.7 Å². The van der Waals surface area contributed by atoms with Crippen molar-refractivity contribution in [2.24, 2.45) is 0 Å². The maximum Gasteiger partial charge on any atom is 0.126 e. The van der Waals surface area contributed by atoms with E-state index in [1.54, 1.807) is 6.07 Å². The first-order valence-corrected chi connectivity index (χ1v) is 7.12. The van der Waals surface area contributed by atoms with Gasteiger partial charge in [-0.25, -0.2) is 9.37 Å². The van der Waals surface area contributed by atoms with Gasteiger partial charge < -0.3 is 4.57 Å². The normalized spacial score (nSPS) is 15.9. The third-order valence-corrected chi connectivity index (χ3v) is 3.92. The minimum atomic E-state index is -0.125. The molecule has 20 heavy (non-hydrogen) atoms. The molecule has 2 heterocycles. The van der Waals surface area contributed by atoms with Gasteiger partial charge in [-0.2, -0.15) is 0 Å². The van der Waals surface area contributed by atoms with E-state index in [1.165, 1.54) is 11.4 Å². The molecule has 0 N–H and O–H groups in total. The molecule has 0 saturated carbocycles. The van der Waals surface area contributed by atoms with E-state index >= 15 is 0 Å². The molecule has 0 aliphatic carbocycles. The van der Waals surface area contributed by atoms with Crippen molar-refractivity contribution >= 4 is 0 Å². The van der Waals surface area contributed by atoms with Gasteiger partial charge in [-0.3, -0.25) is 4.90 Å². The van der Waals surface area contributed by atoms with E-state index in [1.807, 2.05) is 26.0 Å². The molecule has 0 spiro atoms. The van der Waals surface area contributed by atoms with Crippen molar-refractivity contribution in [3.8, 4) is 0 Å². The van der Waals surface area contributed by atoms with Crippen molar-refractivity contribution in [2.75, 3.05) is 13.1 Å². The summed E-state index contributed by atoms with van der Waals surface area (Å²) in [5.41, 5.74) is 3.00. The first-order chi connectivity index (χ1) is 9.61. The molecule has 0 unspecified atom stereocenters. The van der Waals surface area contributed by atoms with Gasteiger partial charge in [0.1, 0.15) is 11.6 Å². The number of imidazole rings is 1. The summed E-state index contributed by atoms with van der Waals surface area (Å²) in [5, 5.41) is 0. The Hall–Kier alpha value is -1.68. The fourth-order valence-electron chi connectivity index (χ4n) is 2.83. The monoisotopic (exact) mass is 273 g/mol. The predicted octanol–water partition coefficient (Wildman–Crippen LogP) is 2.70. The highest BCUT2D eigenvalue weighted by Gasteiger charge is 2.15. The average Bonchev–Trinajstić information content (AvgIpc) is 2.68. The van der Waals surface area contributed by atoms with E-state index in [-0.39, 0.29) is 5.82 Å². The van der Waals surface area contributed by atoms with Gasteiger partial charge in [0, 0.05) is 38.8 Å². The molecule has 1 aromatic carbocycles. The molecule has 0 amide bonds.